The lowest BCUT2D eigenvalue weighted by molar-refractivity contribution is -0.125. The van der Waals surface area contributed by atoms with Gasteiger partial charge in [-0.3, -0.25) is 9.59 Å². The summed E-state index contributed by atoms with van der Waals surface area (Å²) in [6.07, 6.45) is 0. The Bertz CT molecular complexity index is 749. The van der Waals surface area contributed by atoms with E-state index in [1.807, 2.05) is 19.1 Å². The molecule has 0 aliphatic heterocycles. The van der Waals surface area contributed by atoms with Crippen LogP contribution in [0.15, 0.2) is 46.9 Å². The lowest BCUT2D eigenvalue weighted by Crippen LogP contribution is -2.35. The molecule has 24 heavy (non-hydrogen) atoms. The average Bonchev–Trinajstić information content (AvgIpc) is 2.55. The van der Waals surface area contributed by atoms with E-state index < -0.39 is 5.91 Å². The molecule has 7 heteroatoms. The van der Waals surface area contributed by atoms with Crippen LogP contribution in [0, 0.1) is 6.92 Å². The third kappa shape index (κ3) is 5.27. The number of phenols is 1. The van der Waals surface area contributed by atoms with Crippen LogP contribution in [0.5, 0.6) is 11.5 Å². The molecule has 0 saturated carbocycles. The van der Waals surface area contributed by atoms with E-state index in [0.717, 1.165) is 10.0 Å². The van der Waals surface area contributed by atoms with Gasteiger partial charge in [0.15, 0.2) is 18.1 Å². The Morgan fingerprint density at radius 2 is 1.92 bits per heavy atom. The highest BCUT2D eigenvalue weighted by molar-refractivity contribution is 9.10. The van der Waals surface area contributed by atoms with Crippen LogP contribution in [0.4, 0.5) is 5.69 Å². The van der Waals surface area contributed by atoms with E-state index in [1.54, 1.807) is 24.3 Å². The second-order valence-electron chi connectivity index (χ2n) is 5.04. The van der Waals surface area contributed by atoms with Crippen LogP contribution >= 0.6 is 15.9 Å². The maximum atomic E-state index is 11.9. The van der Waals surface area contributed by atoms with Crippen molar-refractivity contribution in [2.75, 3.05) is 18.5 Å². The van der Waals surface area contributed by atoms with Gasteiger partial charge < -0.3 is 20.5 Å². The molecule has 0 heterocycles. The summed E-state index contributed by atoms with van der Waals surface area (Å²) in [5, 5.41) is 14.7. The first-order chi connectivity index (χ1) is 11.5. The molecule has 2 aromatic rings. The molecule has 0 atom stereocenters. The molecule has 0 saturated heterocycles. The second-order valence-corrected chi connectivity index (χ2v) is 5.96. The van der Waals surface area contributed by atoms with Crippen molar-refractivity contribution in [3.05, 3.63) is 52.5 Å². The molecule has 2 aromatic carbocycles. The molecular formula is C17H17BrN2O4. The van der Waals surface area contributed by atoms with Gasteiger partial charge in [-0.05, 0) is 42.8 Å². The number of rotatable bonds is 6. The second kappa shape index (κ2) is 8.35. The normalized spacial score (nSPS) is 10.1. The van der Waals surface area contributed by atoms with E-state index in [4.69, 9.17) is 4.74 Å². The highest BCUT2D eigenvalue weighted by Crippen LogP contribution is 2.24. The van der Waals surface area contributed by atoms with E-state index >= 15 is 0 Å². The SMILES string of the molecule is Cc1cc(Br)ccc1NC(=O)CNC(=O)COc1ccccc1O. The maximum Gasteiger partial charge on any atom is 0.258 e. The zero-order valence-corrected chi connectivity index (χ0v) is 14.6. The van der Waals surface area contributed by atoms with E-state index in [9.17, 15) is 14.7 Å². The fraction of sp³-hybridized carbons (Fsp3) is 0.176. The molecule has 126 valence electrons. The lowest BCUT2D eigenvalue weighted by atomic mass is 10.2. The van der Waals surface area contributed by atoms with Crippen molar-refractivity contribution in [2.45, 2.75) is 6.92 Å². The third-order valence-corrected chi connectivity index (χ3v) is 3.63. The van der Waals surface area contributed by atoms with Crippen LogP contribution in [0.3, 0.4) is 0 Å². The summed E-state index contributed by atoms with van der Waals surface area (Å²) < 4.78 is 6.11. The molecule has 0 fully saturated rings. The monoisotopic (exact) mass is 392 g/mol. The molecule has 6 nitrogen and oxygen atoms in total. The number of nitrogens with one attached hydrogen (secondary N) is 2. The van der Waals surface area contributed by atoms with E-state index in [1.165, 1.54) is 6.07 Å². The van der Waals surface area contributed by atoms with Crippen LogP contribution in [0.25, 0.3) is 0 Å². The van der Waals surface area contributed by atoms with Crippen molar-refractivity contribution in [3.8, 4) is 11.5 Å². The van der Waals surface area contributed by atoms with Crippen LogP contribution in [-0.2, 0) is 9.59 Å². The molecule has 2 rings (SSSR count). The summed E-state index contributed by atoms with van der Waals surface area (Å²) in [6.45, 7) is 1.42. The van der Waals surface area contributed by atoms with Crippen molar-refractivity contribution in [1.29, 1.82) is 0 Å². The fourth-order valence-electron chi connectivity index (χ4n) is 1.91. The predicted octanol–water partition coefficient (Wildman–Crippen LogP) is 2.60. The first-order valence-electron chi connectivity index (χ1n) is 7.19. The number of phenolic OH excluding ortho intramolecular Hbond substituents is 1. The zero-order valence-electron chi connectivity index (χ0n) is 13.0. The minimum Gasteiger partial charge on any atom is -0.504 e. The predicted molar refractivity (Wildman–Crippen MR) is 94.1 cm³/mol. The number of carbonyl (C=O) groups is 2. The third-order valence-electron chi connectivity index (χ3n) is 3.13. The van der Waals surface area contributed by atoms with Gasteiger partial charge in [-0.1, -0.05) is 28.1 Å². The topological polar surface area (TPSA) is 87.7 Å². The van der Waals surface area contributed by atoms with E-state index in [-0.39, 0.29) is 30.6 Å². The number of aromatic hydroxyl groups is 1. The summed E-state index contributed by atoms with van der Waals surface area (Å²) in [6, 6.07) is 11.8. The standard InChI is InChI=1S/C17H17BrN2O4/c1-11-8-12(18)6-7-13(11)20-16(22)9-19-17(23)10-24-15-5-3-2-4-14(15)21/h2-8,21H,9-10H2,1H3,(H,19,23)(H,20,22). The van der Waals surface area contributed by atoms with Crippen LogP contribution < -0.4 is 15.4 Å². The number of aryl methyl sites for hydroxylation is 1. The van der Waals surface area contributed by atoms with Gasteiger partial charge in [-0.2, -0.15) is 0 Å². The lowest BCUT2D eigenvalue weighted by Gasteiger charge is -2.10. The molecule has 3 N–H and O–H groups in total. The molecular weight excluding hydrogens is 376 g/mol. The number of amides is 2. The Kier molecular flexibility index (Phi) is 6.20. The summed E-state index contributed by atoms with van der Waals surface area (Å²) >= 11 is 3.35. The van der Waals surface area contributed by atoms with Gasteiger partial charge in [0.25, 0.3) is 5.91 Å². The highest BCUT2D eigenvalue weighted by Gasteiger charge is 2.09. The molecule has 0 aliphatic carbocycles. The number of hydrogen-bond acceptors (Lipinski definition) is 4. The van der Waals surface area contributed by atoms with Crippen molar-refractivity contribution in [3.63, 3.8) is 0 Å². The Labute approximate surface area is 148 Å². The van der Waals surface area contributed by atoms with Gasteiger partial charge >= 0.3 is 0 Å². The van der Waals surface area contributed by atoms with Crippen molar-refractivity contribution in [1.82, 2.24) is 5.32 Å². The number of carbonyl (C=O) groups excluding carboxylic acids is 2. The largest absolute Gasteiger partial charge is 0.504 e. The van der Waals surface area contributed by atoms with Gasteiger partial charge in [0, 0.05) is 10.2 Å². The molecule has 0 radical (unpaired) electrons. The molecule has 0 bridgehead atoms. The summed E-state index contributed by atoms with van der Waals surface area (Å²) in [5.74, 6) is -0.631. The van der Waals surface area contributed by atoms with E-state index in [0.29, 0.717) is 5.69 Å². The number of benzene rings is 2. The van der Waals surface area contributed by atoms with Crippen molar-refractivity contribution < 1.29 is 19.4 Å². The molecule has 0 spiro atoms. The number of para-hydroxylation sites is 2. The van der Waals surface area contributed by atoms with Gasteiger partial charge in [-0.15, -0.1) is 0 Å². The minimum atomic E-state index is -0.457. The Morgan fingerprint density at radius 3 is 2.62 bits per heavy atom. The van der Waals surface area contributed by atoms with Gasteiger partial charge in [0.1, 0.15) is 0 Å². The van der Waals surface area contributed by atoms with Crippen LogP contribution in [0.2, 0.25) is 0 Å². The number of anilines is 1. The Morgan fingerprint density at radius 1 is 1.17 bits per heavy atom. The van der Waals surface area contributed by atoms with Crippen molar-refractivity contribution in [2.24, 2.45) is 0 Å². The molecule has 2 amide bonds. The first kappa shape index (κ1) is 17.8. The first-order valence-corrected chi connectivity index (χ1v) is 7.98. The van der Waals surface area contributed by atoms with Gasteiger partial charge in [0.05, 0.1) is 6.54 Å². The Balaban J connectivity index is 1.77. The quantitative estimate of drug-likeness (QED) is 0.704. The fourth-order valence-corrected chi connectivity index (χ4v) is 2.39. The summed E-state index contributed by atoms with van der Waals surface area (Å²) in [5.41, 5.74) is 1.59. The summed E-state index contributed by atoms with van der Waals surface area (Å²) in [4.78, 5) is 23.6. The Hall–Kier alpha value is -2.54. The molecule has 0 aliphatic rings. The number of halogens is 1. The molecule has 0 aromatic heterocycles. The van der Waals surface area contributed by atoms with Gasteiger partial charge in [0.2, 0.25) is 5.91 Å². The van der Waals surface area contributed by atoms with E-state index in [2.05, 4.69) is 26.6 Å². The highest BCUT2D eigenvalue weighted by atomic mass is 79.9. The average molecular weight is 393 g/mol. The van der Waals surface area contributed by atoms with Crippen molar-refractivity contribution >= 4 is 33.4 Å². The number of hydrogen-bond donors (Lipinski definition) is 3. The summed E-state index contributed by atoms with van der Waals surface area (Å²) in [7, 11) is 0. The van der Waals surface area contributed by atoms with Crippen LogP contribution in [0.1, 0.15) is 5.56 Å². The molecule has 0 unspecified atom stereocenters. The smallest absolute Gasteiger partial charge is 0.258 e. The zero-order chi connectivity index (χ0) is 17.5. The number of ether oxygens (including phenoxy) is 1. The minimum absolute atomic E-state index is 0.0474. The maximum absolute atomic E-state index is 11.9. The van der Waals surface area contributed by atoms with Crippen LogP contribution in [-0.4, -0.2) is 30.1 Å². The van der Waals surface area contributed by atoms with Gasteiger partial charge in [-0.25, -0.2) is 0 Å².